The molecule has 25 heavy (non-hydrogen) atoms. The number of hydrogen-bond donors (Lipinski definition) is 0. The topological polar surface area (TPSA) is 67.8 Å². The Kier molecular flexibility index (Phi) is 5.37. The highest BCUT2D eigenvalue weighted by molar-refractivity contribution is 7.15. The third kappa shape index (κ3) is 4.01. The van der Waals surface area contributed by atoms with E-state index in [1.54, 1.807) is 25.6 Å². The molecular weight excluding hydrogens is 340 g/mol. The third-order valence-corrected chi connectivity index (χ3v) is 5.12. The van der Waals surface area contributed by atoms with E-state index < -0.39 is 0 Å². The molecule has 3 rings (SSSR count). The molecular formula is C17H22N4O3S. The van der Waals surface area contributed by atoms with E-state index in [1.165, 1.54) is 0 Å². The van der Waals surface area contributed by atoms with Crippen LogP contribution in [0.15, 0.2) is 18.2 Å². The lowest BCUT2D eigenvalue weighted by Gasteiger charge is -2.34. The van der Waals surface area contributed by atoms with E-state index in [4.69, 9.17) is 9.47 Å². The molecule has 134 valence electrons. The number of carbonyl (C=O) groups is 1. The van der Waals surface area contributed by atoms with Crippen LogP contribution in [0.2, 0.25) is 0 Å². The number of piperazine rings is 1. The molecule has 2 aromatic rings. The molecule has 0 radical (unpaired) electrons. The zero-order valence-corrected chi connectivity index (χ0v) is 15.5. The van der Waals surface area contributed by atoms with E-state index in [-0.39, 0.29) is 5.91 Å². The van der Waals surface area contributed by atoms with Crippen LogP contribution in [0, 0.1) is 6.92 Å². The Balaban J connectivity index is 1.58. The average Bonchev–Trinajstić information content (AvgIpc) is 3.08. The lowest BCUT2D eigenvalue weighted by molar-refractivity contribution is -0.130. The second-order valence-electron chi connectivity index (χ2n) is 5.84. The second kappa shape index (κ2) is 7.69. The van der Waals surface area contributed by atoms with E-state index in [9.17, 15) is 4.79 Å². The fourth-order valence-electron chi connectivity index (χ4n) is 2.84. The number of nitrogens with zero attached hydrogens (tertiary/aromatic N) is 4. The summed E-state index contributed by atoms with van der Waals surface area (Å²) in [6, 6.07) is 5.59. The number of benzene rings is 1. The summed E-state index contributed by atoms with van der Waals surface area (Å²) in [5.74, 6) is 1.43. The molecule has 8 heteroatoms. The first-order chi connectivity index (χ1) is 12.1. The molecule has 1 fully saturated rings. The molecule has 0 N–H and O–H groups in total. The molecule has 7 nitrogen and oxygen atoms in total. The minimum Gasteiger partial charge on any atom is -0.493 e. The highest BCUT2D eigenvalue weighted by Crippen LogP contribution is 2.28. The molecule has 0 atom stereocenters. The quantitative estimate of drug-likeness (QED) is 0.807. The van der Waals surface area contributed by atoms with E-state index in [0.29, 0.717) is 31.0 Å². The van der Waals surface area contributed by atoms with Gasteiger partial charge in [-0.15, -0.1) is 10.2 Å². The van der Waals surface area contributed by atoms with Gasteiger partial charge in [0.2, 0.25) is 11.0 Å². The molecule has 0 spiro atoms. The molecule has 0 bridgehead atoms. The van der Waals surface area contributed by atoms with E-state index >= 15 is 0 Å². The summed E-state index contributed by atoms with van der Waals surface area (Å²) in [4.78, 5) is 16.7. The summed E-state index contributed by atoms with van der Waals surface area (Å²) in [5.41, 5.74) is 0.921. The number of aromatic nitrogens is 2. The summed E-state index contributed by atoms with van der Waals surface area (Å²) in [6.07, 6.45) is 0.359. The molecule has 1 aromatic heterocycles. The molecule has 1 aliphatic heterocycles. The Morgan fingerprint density at radius 1 is 1.12 bits per heavy atom. The van der Waals surface area contributed by atoms with Gasteiger partial charge in [-0.3, -0.25) is 4.79 Å². The fourth-order valence-corrected chi connectivity index (χ4v) is 3.58. The van der Waals surface area contributed by atoms with Gasteiger partial charge in [-0.1, -0.05) is 17.4 Å². The highest BCUT2D eigenvalue weighted by Gasteiger charge is 2.23. The van der Waals surface area contributed by atoms with Crippen LogP contribution >= 0.6 is 11.3 Å². The first-order valence-electron chi connectivity index (χ1n) is 8.14. The van der Waals surface area contributed by atoms with Crippen LogP contribution in [0.1, 0.15) is 10.6 Å². The van der Waals surface area contributed by atoms with Crippen molar-refractivity contribution in [2.75, 3.05) is 45.3 Å². The van der Waals surface area contributed by atoms with Crippen LogP contribution in [0.4, 0.5) is 5.13 Å². The third-order valence-electron chi connectivity index (χ3n) is 4.22. The van der Waals surface area contributed by atoms with E-state index in [2.05, 4.69) is 15.1 Å². The molecule has 0 aliphatic carbocycles. The van der Waals surface area contributed by atoms with Crippen molar-refractivity contribution >= 4 is 22.4 Å². The minimum absolute atomic E-state index is 0.125. The van der Waals surface area contributed by atoms with Gasteiger partial charge >= 0.3 is 0 Å². The normalized spacial score (nSPS) is 14.5. The van der Waals surface area contributed by atoms with E-state index in [1.807, 2.05) is 30.0 Å². The molecule has 0 saturated carbocycles. The van der Waals surface area contributed by atoms with Gasteiger partial charge in [0.05, 0.1) is 20.6 Å². The van der Waals surface area contributed by atoms with Crippen molar-refractivity contribution in [1.82, 2.24) is 15.1 Å². The first kappa shape index (κ1) is 17.5. The largest absolute Gasteiger partial charge is 0.493 e. The van der Waals surface area contributed by atoms with Crippen molar-refractivity contribution in [3.05, 3.63) is 28.8 Å². The Hall–Kier alpha value is -2.35. The van der Waals surface area contributed by atoms with Gasteiger partial charge in [-0.25, -0.2) is 0 Å². The predicted octanol–water partition coefficient (Wildman–Crippen LogP) is 1.76. The lowest BCUT2D eigenvalue weighted by atomic mass is 10.1. The summed E-state index contributed by atoms with van der Waals surface area (Å²) in [5, 5.41) is 10.1. The lowest BCUT2D eigenvalue weighted by Crippen LogP contribution is -2.49. The van der Waals surface area contributed by atoms with Crippen LogP contribution in [0.3, 0.4) is 0 Å². The van der Waals surface area contributed by atoms with Gasteiger partial charge in [0, 0.05) is 26.2 Å². The van der Waals surface area contributed by atoms with Crippen molar-refractivity contribution in [2.24, 2.45) is 0 Å². The molecule has 1 aromatic carbocycles. The number of aryl methyl sites for hydroxylation is 1. The number of anilines is 1. The highest BCUT2D eigenvalue weighted by atomic mass is 32.1. The number of hydrogen-bond acceptors (Lipinski definition) is 7. The average molecular weight is 362 g/mol. The number of amides is 1. The first-order valence-corrected chi connectivity index (χ1v) is 8.96. The monoisotopic (exact) mass is 362 g/mol. The standard InChI is InChI=1S/C17H22N4O3S/c1-12-18-19-17(25-12)21-8-6-20(7-9-21)16(22)11-13-4-5-14(23-2)15(10-13)24-3/h4-5,10H,6-9,11H2,1-3H3. The van der Waals surface area contributed by atoms with Crippen LogP contribution < -0.4 is 14.4 Å². The molecule has 1 aliphatic rings. The van der Waals surface area contributed by atoms with Crippen LogP contribution in [0.5, 0.6) is 11.5 Å². The van der Waals surface area contributed by atoms with Gasteiger partial charge in [-0.05, 0) is 24.6 Å². The zero-order valence-electron chi connectivity index (χ0n) is 14.7. The summed E-state index contributed by atoms with van der Waals surface area (Å²) in [6.45, 7) is 4.91. The SMILES string of the molecule is COc1ccc(CC(=O)N2CCN(c3nnc(C)s3)CC2)cc1OC. The van der Waals surface area contributed by atoms with Crippen molar-refractivity contribution < 1.29 is 14.3 Å². The maximum absolute atomic E-state index is 12.6. The van der Waals surface area contributed by atoms with E-state index in [0.717, 1.165) is 28.8 Å². The van der Waals surface area contributed by atoms with Crippen LogP contribution in [-0.4, -0.2) is 61.4 Å². The number of carbonyl (C=O) groups excluding carboxylic acids is 1. The van der Waals surface area contributed by atoms with Gasteiger partial charge in [0.15, 0.2) is 11.5 Å². The Morgan fingerprint density at radius 2 is 1.84 bits per heavy atom. The second-order valence-corrected chi connectivity index (χ2v) is 7.00. The van der Waals surface area contributed by atoms with Gasteiger partial charge in [0.25, 0.3) is 0 Å². The number of ether oxygens (including phenoxy) is 2. The maximum atomic E-state index is 12.6. The summed E-state index contributed by atoms with van der Waals surface area (Å²) >= 11 is 1.59. The molecule has 1 amide bonds. The van der Waals surface area contributed by atoms with Crippen molar-refractivity contribution in [2.45, 2.75) is 13.3 Å². The van der Waals surface area contributed by atoms with Crippen molar-refractivity contribution in [3.63, 3.8) is 0 Å². The molecule has 1 saturated heterocycles. The smallest absolute Gasteiger partial charge is 0.227 e. The van der Waals surface area contributed by atoms with Gasteiger partial charge in [0.1, 0.15) is 5.01 Å². The summed E-state index contributed by atoms with van der Waals surface area (Å²) < 4.78 is 10.5. The van der Waals surface area contributed by atoms with Gasteiger partial charge in [-0.2, -0.15) is 0 Å². The molecule has 2 heterocycles. The van der Waals surface area contributed by atoms with Crippen LogP contribution in [-0.2, 0) is 11.2 Å². The zero-order chi connectivity index (χ0) is 17.8. The number of methoxy groups -OCH3 is 2. The Morgan fingerprint density at radius 3 is 2.44 bits per heavy atom. The maximum Gasteiger partial charge on any atom is 0.227 e. The van der Waals surface area contributed by atoms with Gasteiger partial charge < -0.3 is 19.3 Å². The molecule has 0 unspecified atom stereocenters. The minimum atomic E-state index is 0.125. The Labute approximate surface area is 151 Å². The van der Waals surface area contributed by atoms with Crippen molar-refractivity contribution in [1.29, 1.82) is 0 Å². The Bertz CT molecular complexity index is 741. The predicted molar refractivity (Wildman–Crippen MR) is 96.7 cm³/mol. The number of rotatable bonds is 5. The van der Waals surface area contributed by atoms with Crippen molar-refractivity contribution in [3.8, 4) is 11.5 Å². The van der Waals surface area contributed by atoms with Crippen LogP contribution in [0.25, 0.3) is 0 Å². The fraction of sp³-hybridized carbons (Fsp3) is 0.471. The summed E-state index contributed by atoms with van der Waals surface area (Å²) in [7, 11) is 3.19.